The van der Waals surface area contributed by atoms with Crippen LogP contribution >= 0.6 is 0 Å². The van der Waals surface area contributed by atoms with E-state index in [1.54, 1.807) is 12.1 Å². The molecule has 0 amide bonds. The number of halogens is 2. The van der Waals surface area contributed by atoms with Crippen LogP contribution in [0.25, 0.3) is 11.3 Å². The highest BCUT2D eigenvalue weighted by atomic mass is 19.1. The van der Waals surface area contributed by atoms with E-state index in [2.05, 4.69) is 5.32 Å². The molecule has 1 N–H and O–H groups in total. The highest BCUT2D eigenvalue weighted by Gasteiger charge is 2.12. The summed E-state index contributed by atoms with van der Waals surface area (Å²) in [6.45, 7) is 4.91. The van der Waals surface area contributed by atoms with Gasteiger partial charge in [-0.15, -0.1) is 0 Å². The minimum absolute atomic E-state index is 0.154. The van der Waals surface area contributed by atoms with Gasteiger partial charge in [0.1, 0.15) is 23.2 Å². The van der Waals surface area contributed by atoms with Crippen LogP contribution < -0.4 is 5.32 Å². The molecule has 0 unspecified atom stereocenters. The van der Waals surface area contributed by atoms with E-state index in [1.807, 2.05) is 6.92 Å². The lowest BCUT2D eigenvalue weighted by molar-refractivity contribution is 0.494. The van der Waals surface area contributed by atoms with Gasteiger partial charge in [0.25, 0.3) is 0 Å². The van der Waals surface area contributed by atoms with Gasteiger partial charge in [0.2, 0.25) is 0 Å². The summed E-state index contributed by atoms with van der Waals surface area (Å²) >= 11 is 0. The first kappa shape index (κ1) is 12.8. The minimum atomic E-state index is -0.474. The highest BCUT2D eigenvalue weighted by Crippen LogP contribution is 2.27. The van der Waals surface area contributed by atoms with Crippen molar-refractivity contribution in [1.82, 2.24) is 5.32 Å². The van der Waals surface area contributed by atoms with Crippen molar-refractivity contribution in [1.29, 1.82) is 0 Å². The van der Waals surface area contributed by atoms with Crippen LogP contribution in [0.2, 0.25) is 0 Å². The van der Waals surface area contributed by atoms with Crippen molar-refractivity contribution < 1.29 is 13.2 Å². The van der Waals surface area contributed by atoms with Crippen LogP contribution in [-0.2, 0) is 6.54 Å². The number of benzene rings is 1. The summed E-state index contributed by atoms with van der Waals surface area (Å²) in [5.41, 5.74) is 0.441. The monoisotopic (exact) mass is 251 g/mol. The Bertz CT molecular complexity index is 549. The Labute approximate surface area is 105 Å². The minimum Gasteiger partial charge on any atom is -0.460 e. The van der Waals surface area contributed by atoms with Crippen LogP contribution in [0.4, 0.5) is 8.78 Å². The van der Waals surface area contributed by atoms with Gasteiger partial charge < -0.3 is 9.73 Å². The van der Waals surface area contributed by atoms with Gasteiger partial charge >= 0.3 is 0 Å². The number of aryl methyl sites for hydroxylation is 1. The van der Waals surface area contributed by atoms with Crippen LogP contribution in [0.15, 0.2) is 28.7 Å². The SMILES string of the molecule is CCNCc1ccc(-c2cc(F)c(C)cc2F)o1. The summed E-state index contributed by atoms with van der Waals surface area (Å²) in [4.78, 5) is 0. The van der Waals surface area contributed by atoms with Gasteiger partial charge in [-0.05, 0) is 43.3 Å². The Morgan fingerprint density at radius 2 is 1.94 bits per heavy atom. The van der Waals surface area contributed by atoms with Gasteiger partial charge in [-0.2, -0.15) is 0 Å². The Kier molecular flexibility index (Phi) is 3.77. The summed E-state index contributed by atoms with van der Waals surface area (Å²) in [5, 5.41) is 3.10. The Balaban J connectivity index is 2.31. The first-order valence-corrected chi connectivity index (χ1v) is 5.87. The number of rotatable bonds is 4. The quantitative estimate of drug-likeness (QED) is 0.897. The van der Waals surface area contributed by atoms with E-state index in [0.29, 0.717) is 18.1 Å². The predicted octanol–water partition coefficient (Wildman–Crippen LogP) is 3.64. The second-order valence-electron chi connectivity index (χ2n) is 4.13. The van der Waals surface area contributed by atoms with E-state index in [1.165, 1.54) is 19.1 Å². The van der Waals surface area contributed by atoms with Crippen molar-refractivity contribution in [3.8, 4) is 11.3 Å². The van der Waals surface area contributed by atoms with Gasteiger partial charge in [0.05, 0.1) is 12.1 Å². The van der Waals surface area contributed by atoms with E-state index in [-0.39, 0.29) is 11.1 Å². The average molecular weight is 251 g/mol. The van der Waals surface area contributed by atoms with E-state index in [4.69, 9.17) is 4.42 Å². The maximum absolute atomic E-state index is 13.7. The molecule has 0 aliphatic carbocycles. The summed E-state index contributed by atoms with van der Waals surface area (Å²) in [6.07, 6.45) is 0. The lowest BCUT2D eigenvalue weighted by Gasteiger charge is -2.03. The lowest BCUT2D eigenvalue weighted by Crippen LogP contribution is -2.10. The van der Waals surface area contributed by atoms with Crippen LogP contribution in [0.5, 0.6) is 0 Å². The number of furan rings is 1. The third-order valence-electron chi connectivity index (χ3n) is 2.72. The Morgan fingerprint density at radius 1 is 1.17 bits per heavy atom. The van der Waals surface area contributed by atoms with Gasteiger partial charge in [-0.1, -0.05) is 6.92 Å². The van der Waals surface area contributed by atoms with E-state index < -0.39 is 11.6 Å². The standard InChI is InChI=1S/C14H15F2NO/c1-3-17-8-10-4-5-14(18-10)11-7-12(15)9(2)6-13(11)16/h4-7,17H,3,8H2,1-2H3. The first-order chi connectivity index (χ1) is 8.61. The molecule has 4 heteroatoms. The second kappa shape index (κ2) is 5.31. The molecule has 1 heterocycles. The summed E-state index contributed by atoms with van der Waals surface area (Å²) in [7, 11) is 0. The first-order valence-electron chi connectivity index (χ1n) is 5.87. The van der Waals surface area contributed by atoms with Crippen molar-refractivity contribution in [3.63, 3.8) is 0 Å². The molecule has 0 aliphatic heterocycles. The predicted molar refractivity (Wildman–Crippen MR) is 66.2 cm³/mol. The van der Waals surface area contributed by atoms with Crippen molar-refractivity contribution in [3.05, 3.63) is 47.2 Å². The number of hydrogen-bond donors (Lipinski definition) is 1. The lowest BCUT2D eigenvalue weighted by atomic mass is 10.1. The van der Waals surface area contributed by atoms with E-state index in [0.717, 1.165) is 6.54 Å². The van der Waals surface area contributed by atoms with Crippen molar-refractivity contribution in [2.75, 3.05) is 6.54 Å². The van der Waals surface area contributed by atoms with Crippen LogP contribution in [-0.4, -0.2) is 6.54 Å². The molecule has 0 saturated heterocycles. The van der Waals surface area contributed by atoms with Gasteiger partial charge in [-0.3, -0.25) is 0 Å². The molecular formula is C14H15F2NO. The number of hydrogen-bond acceptors (Lipinski definition) is 2. The molecule has 2 aromatic rings. The third-order valence-corrected chi connectivity index (χ3v) is 2.72. The normalized spacial score (nSPS) is 10.9. The summed E-state index contributed by atoms with van der Waals surface area (Å²) in [6, 6.07) is 5.76. The molecule has 0 radical (unpaired) electrons. The molecule has 2 nitrogen and oxygen atoms in total. The van der Waals surface area contributed by atoms with Crippen molar-refractivity contribution in [2.45, 2.75) is 20.4 Å². The zero-order valence-corrected chi connectivity index (χ0v) is 10.4. The van der Waals surface area contributed by atoms with Crippen LogP contribution in [0, 0.1) is 18.6 Å². The fraction of sp³-hybridized carbons (Fsp3) is 0.286. The molecule has 0 aliphatic rings. The fourth-order valence-corrected chi connectivity index (χ4v) is 1.70. The topological polar surface area (TPSA) is 25.2 Å². The zero-order valence-electron chi connectivity index (χ0n) is 10.4. The largest absolute Gasteiger partial charge is 0.460 e. The molecule has 1 aromatic heterocycles. The van der Waals surface area contributed by atoms with E-state index >= 15 is 0 Å². The zero-order chi connectivity index (χ0) is 13.1. The molecular weight excluding hydrogens is 236 g/mol. The Morgan fingerprint density at radius 3 is 2.67 bits per heavy atom. The molecule has 0 saturated carbocycles. The molecule has 0 fully saturated rings. The summed E-state index contributed by atoms with van der Waals surface area (Å²) in [5.74, 6) is 0.140. The third kappa shape index (κ3) is 2.59. The smallest absolute Gasteiger partial charge is 0.137 e. The highest BCUT2D eigenvalue weighted by molar-refractivity contribution is 5.59. The second-order valence-corrected chi connectivity index (χ2v) is 4.13. The molecule has 1 aromatic carbocycles. The average Bonchev–Trinajstić information content (AvgIpc) is 2.79. The maximum Gasteiger partial charge on any atom is 0.137 e. The van der Waals surface area contributed by atoms with E-state index in [9.17, 15) is 8.78 Å². The molecule has 2 rings (SSSR count). The maximum atomic E-state index is 13.7. The van der Waals surface area contributed by atoms with Crippen molar-refractivity contribution >= 4 is 0 Å². The van der Waals surface area contributed by atoms with Gasteiger partial charge in [-0.25, -0.2) is 8.78 Å². The molecule has 0 spiro atoms. The molecule has 96 valence electrons. The summed E-state index contributed by atoms with van der Waals surface area (Å²) < 4.78 is 32.6. The Hall–Kier alpha value is -1.68. The molecule has 0 atom stereocenters. The molecule has 0 bridgehead atoms. The van der Waals surface area contributed by atoms with Crippen LogP contribution in [0.1, 0.15) is 18.2 Å². The van der Waals surface area contributed by atoms with Crippen LogP contribution in [0.3, 0.4) is 0 Å². The molecule has 18 heavy (non-hydrogen) atoms. The van der Waals surface area contributed by atoms with Gasteiger partial charge in [0, 0.05) is 0 Å². The van der Waals surface area contributed by atoms with Crippen molar-refractivity contribution in [2.24, 2.45) is 0 Å². The fourth-order valence-electron chi connectivity index (χ4n) is 1.70. The van der Waals surface area contributed by atoms with Gasteiger partial charge in [0.15, 0.2) is 0 Å². The number of nitrogens with one attached hydrogen (secondary N) is 1.